The Labute approximate surface area is 145 Å². The van der Waals surface area contributed by atoms with E-state index in [-0.39, 0.29) is 17.6 Å². The Morgan fingerprint density at radius 2 is 2.28 bits per heavy atom. The number of morpholine rings is 1. The second kappa shape index (κ2) is 8.06. The third-order valence-corrected chi connectivity index (χ3v) is 4.16. The van der Waals surface area contributed by atoms with Crippen molar-refractivity contribution in [3.63, 3.8) is 0 Å². The summed E-state index contributed by atoms with van der Waals surface area (Å²) in [6.07, 6.45) is 4.35. The number of carbonyl (C=O) groups is 1. The van der Waals surface area contributed by atoms with E-state index >= 15 is 0 Å². The Hall–Kier alpha value is -2.48. The van der Waals surface area contributed by atoms with Gasteiger partial charge in [-0.2, -0.15) is 0 Å². The van der Waals surface area contributed by atoms with Crippen LogP contribution in [0, 0.1) is 0 Å². The van der Waals surface area contributed by atoms with Crippen molar-refractivity contribution in [1.82, 2.24) is 20.0 Å². The third kappa shape index (κ3) is 4.54. The lowest BCUT2D eigenvalue weighted by Crippen LogP contribution is -2.45. The van der Waals surface area contributed by atoms with Crippen molar-refractivity contribution in [2.24, 2.45) is 0 Å². The highest BCUT2D eigenvalue weighted by Gasteiger charge is 2.27. The molecule has 2 aromatic heterocycles. The van der Waals surface area contributed by atoms with Gasteiger partial charge in [0.1, 0.15) is 5.76 Å². The topological polar surface area (TPSA) is 101 Å². The van der Waals surface area contributed by atoms with E-state index in [1.165, 1.54) is 12.4 Å². The molecule has 2 aromatic rings. The Morgan fingerprint density at radius 1 is 1.40 bits per heavy atom. The molecule has 0 saturated carbocycles. The molecule has 25 heavy (non-hydrogen) atoms. The smallest absolute Gasteiger partial charge is 0.276 e. The molecule has 8 heteroatoms. The summed E-state index contributed by atoms with van der Waals surface area (Å²) in [5, 5.41) is 3.88. The summed E-state index contributed by atoms with van der Waals surface area (Å²) in [6, 6.07) is 3.20. The van der Waals surface area contributed by atoms with Gasteiger partial charge in [0, 0.05) is 37.3 Å². The minimum absolute atomic E-state index is 0.0826. The van der Waals surface area contributed by atoms with Crippen molar-refractivity contribution in [3.8, 4) is 0 Å². The zero-order valence-corrected chi connectivity index (χ0v) is 14.2. The van der Waals surface area contributed by atoms with Crippen molar-refractivity contribution in [2.75, 3.05) is 19.7 Å². The van der Waals surface area contributed by atoms with Crippen molar-refractivity contribution in [1.29, 1.82) is 0 Å². The maximum absolute atomic E-state index is 12.6. The number of hydrogen-bond donors (Lipinski definition) is 1. The molecular formula is C17H22N4O4. The minimum Gasteiger partial charge on any atom is -0.375 e. The largest absolute Gasteiger partial charge is 0.375 e. The van der Waals surface area contributed by atoms with Gasteiger partial charge in [-0.25, -0.2) is 4.98 Å². The van der Waals surface area contributed by atoms with E-state index in [9.17, 15) is 9.59 Å². The van der Waals surface area contributed by atoms with E-state index in [0.29, 0.717) is 38.2 Å². The molecule has 1 fully saturated rings. The van der Waals surface area contributed by atoms with Gasteiger partial charge in [-0.15, -0.1) is 0 Å². The molecule has 0 bridgehead atoms. The molecule has 0 aromatic carbocycles. The quantitative estimate of drug-likeness (QED) is 0.843. The summed E-state index contributed by atoms with van der Waals surface area (Å²) >= 11 is 0. The van der Waals surface area contributed by atoms with Crippen LogP contribution >= 0.6 is 0 Å². The van der Waals surface area contributed by atoms with Crippen LogP contribution in [0.15, 0.2) is 27.8 Å². The van der Waals surface area contributed by atoms with Gasteiger partial charge in [-0.05, 0) is 19.3 Å². The highest BCUT2D eigenvalue weighted by Crippen LogP contribution is 2.15. The van der Waals surface area contributed by atoms with Crippen molar-refractivity contribution in [3.05, 3.63) is 46.0 Å². The molecule has 0 spiro atoms. The predicted octanol–water partition coefficient (Wildman–Crippen LogP) is 1.18. The fourth-order valence-corrected chi connectivity index (χ4v) is 2.87. The number of aromatic amines is 1. The highest BCUT2D eigenvalue weighted by molar-refractivity contribution is 5.92. The maximum Gasteiger partial charge on any atom is 0.276 e. The third-order valence-electron chi connectivity index (χ3n) is 4.16. The van der Waals surface area contributed by atoms with Gasteiger partial charge in [0.2, 0.25) is 0 Å². The van der Waals surface area contributed by atoms with Gasteiger partial charge in [-0.1, -0.05) is 12.1 Å². The summed E-state index contributed by atoms with van der Waals surface area (Å²) < 4.78 is 10.9. The lowest BCUT2D eigenvalue weighted by molar-refractivity contribution is -0.0249. The van der Waals surface area contributed by atoms with E-state index < -0.39 is 0 Å². The summed E-state index contributed by atoms with van der Waals surface area (Å²) in [7, 11) is 0. The van der Waals surface area contributed by atoms with Gasteiger partial charge >= 0.3 is 0 Å². The Morgan fingerprint density at radius 3 is 3.08 bits per heavy atom. The predicted molar refractivity (Wildman–Crippen MR) is 89.3 cm³/mol. The number of hydrogen-bond acceptors (Lipinski definition) is 6. The molecule has 1 atom stereocenters. The van der Waals surface area contributed by atoms with E-state index in [1.54, 1.807) is 11.0 Å². The van der Waals surface area contributed by atoms with Crippen LogP contribution in [0.25, 0.3) is 0 Å². The van der Waals surface area contributed by atoms with Crippen LogP contribution in [0.4, 0.5) is 0 Å². The minimum atomic E-state index is -0.166. The summed E-state index contributed by atoms with van der Waals surface area (Å²) in [4.78, 5) is 32.2. The van der Waals surface area contributed by atoms with Gasteiger partial charge < -0.3 is 19.1 Å². The Bertz CT molecular complexity index is 770. The first-order chi connectivity index (χ1) is 12.2. The number of nitrogens with one attached hydrogen (secondary N) is 1. The fraction of sp³-hybridized carbons (Fsp3) is 0.529. The lowest BCUT2D eigenvalue weighted by atomic mass is 10.1. The van der Waals surface area contributed by atoms with Crippen LogP contribution in [-0.4, -0.2) is 51.7 Å². The summed E-state index contributed by atoms with van der Waals surface area (Å²) in [5.41, 5.74) is 0.900. The average Bonchev–Trinajstić information content (AvgIpc) is 3.09. The number of ether oxygens (including phenoxy) is 1. The molecule has 1 aliphatic heterocycles. The van der Waals surface area contributed by atoms with Crippen LogP contribution in [-0.2, 0) is 17.6 Å². The average molecular weight is 346 g/mol. The van der Waals surface area contributed by atoms with E-state index in [1.807, 2.05) is 6.92 Å². The normalized spacial score (nSPS) is 17.6. The maximum atomic E-state index is 12.6. The first-order valence-corrected chi connectivity index (χ1v) is 8.55. The number of amides is 1. The van der Waals surface area contributed by atoms with Crippen molar-refractivity contribution >= 4 is 5.91 Å². The second-order valence-electron chi connectivity index (χ2n) is 6.11. The first kappa shape index (κ1) is 17.3. The SMILES string of the molecule is CCCc1cc(C(=O)N2CCO[C@@H](CCc3cc(=O)[nH]cn3)C2)no1. The summed E-state index contributed by atoms with van der Waals surface area (Å²) in [6.45, 7) is 3.57. The van der Waals surface area contributed by atoms with Gasteiger partial charge in [0.25, 0.3) is 11.5 Å². The van der Waals surface area contributed by atoms with Crippen LogP contribution < -0.4 is 5.56 Å². The highest BCUT2D eigenvalue weighted by atomic mass is 16.5. The Balaban J connectivity index is 1.56. The van der Waals surface area contributed by atoms with Gasteiger partial charge in [-0.3, -0.25) is 9.59 Å². The molecule has 1 saturated heterocycles. The van der Waals surface area contributed by atoms with Crippen LogP contribution in [0.3, 0.4) is 0 Å². The second-order valence-corrected chi connectivity index (χ2v) is 6.11. The number of H-pyrrole nitrogens is 1. The molecular weight excluding hydrogens is 324 g/mol. The van der Waals surface area contributed by atoms with E-state index in [4.69, 9.17) is 9.26 Å². The molecule has 0 aliphatic carbocycles. The molecule has 1 amide bonds. The number of aryl methyl sites for hydroxylation is 2. The zero-order valence-electron chi connectivity index (χ0n) is 14.2. The Kier molecular flexibility index (Phi) is 5.60. The van der Waals surface area contributed by atoms with E-state index in [2.05, 4.69) is 15.1 Å². The molecule has 3 heterocycles. The molecule has 3 rings (SSSR count). The van der Waals surface area contributed by atoms with E-state index in [0.717, 1.165) is 24.3 Å². The van der Waals surface area contributed by atoms with Crippen molar-refractivity contribution in [2.45, 2.75) is 38.7 Å². The molecule has 0 unspecified atom stereocenters. The molecule has 1 N–H and O–H groups in total. The number of carbonyl (C=O) groups excluding carboxylic acids is 1. The van der Waals surface area contributed by atoms with Crippen molar-refractivity contribution < 1.29 is 14.1 Å². The summed E-state index contributed by atoms with van der Waals surface area (Å²) in [5.74, 6) is 0.602. The van der Waals surface area contributed by atoms with Gasteiger partial charge in [0.15, 0.2) is 5.69 Å². The molecule has 8 nitrogen and oxygen atoms in total. The van der Waals surface area contributed by atoms with Crippen LogP contribution in [0.5, 0.6) is 0 Å². The number of rotatable bonds is 6. The number of aromatic nitrogens is 3. The number of nitrogens with zero attached hydrogens (tertiary/aromatic N) is 3. The lowest BCUT2D eigenvalue weighted by Gasteiger charge is -2.32. The molecule has 1 aliphatic rings. The molecule has 134 valence electrons. The van der Waals surface area contributed by atoms with Gasteiger partial charge in [0.05, 0.1) is 19.0 Å². The fourth-order valence-electron chi connectivity index (χ4n) is 2.87. The van der Waals surface area contributed by atoms with Crippen LogP contribution in [0.1, 0.15) is 41.7 Å². The monoisotopic (exact) mass is 346 g/mol. The molecule has 0 radical (unpaired) electrons. The zero-order chi connectivity index (χ0) is 17.6. The van der Waals surface area contributed by atoms with Crippen LogP contribution in [0.2, 0.25) is 0 Å². The first-order valence-electron chi connectivity index (χ1n) is 8.55. The standard InChI is InChI=1S/C17H22N4O4/c1-2-3-13-9-15(20-25-13)17(23)21-6-7-24-14(10-21)5-4-12-8-16(22)19-11-18-12/h8-9,11,14H,2-7,10H2,1H3,(H,18,19,22)/t14-/m0/s1.